The first-order valence-electron chi connectivity index (χ1n) is 4.38. The van der Waals surface area contributed by atoms with Gasteiger partial charge in [0.1, 0.15) is 24.4 Å². The van der Waals surface area contributed by atoms with Gasteiger partial charge in [-0.15, -0.1) is 0 Å². The van der Waals surface area contributed by atoms with Crippen molar-refractivity contribution < 1.29 is 25.5 Å². The molecule has 0 saturated heterocycles. The van der Waals surface area contributed by atoms with Gasteiger partial charge in [0, 0.05) is 7.05 Å². The van der Waals surface area contributed by atoms with E-state index in [1.54, 1.807) is 6.19 Å². The maximum Gasteiger partial charge on any atom is 0.179 e. The summed E-state index contributed by atoms with van der Waals surface area (Å²) in [5.41, 5.74) is 0. The van der Waals surface area contributed by atoms with E-state index in [2.05, 4.69) is 0 Å². The normalized spacial score (nSPS) is 18.7. The predicted molar refractivity (Wildman–Crippen MR) is 49.4 cm³/mol. The second-order valence-corrected chi connectivity index (χ2v) is 3.28. The highest BCUT2D eigenvalue weighted by Gasteiger charge is 2.30. The first kappa shape index (κ1) is 14.1. The summed E-state index contributed by atoms with van der Waals surface area (Å²) in [5, 5.41) is 53.8. The molecule has 0 radical (unpaired) electrons. The summed E-state index contributed by atoms with van der Waals surface area (Å²) < 4.78 is 0. The van der Waals surface area contributed by atoms with Gasteiger partial charge >= 0.3 is 0 Å². The molecule has 0 bridgehead atoms. The van der Waals surface area contributed by atoms with Crippen molar-refractivity contribution in [3.63, 3.8) is 0 Å². The Hall–Kier alpha value is -0.910. The number of nitriles is 1. The van der Waals surface area contributed by atoms with Crippen LogP contribution in [-0.4, -0.2) is 75.0 Å². The third kappa shape index (κ3) is 4.42. The first-order valence-corrected chi connectivity index (χ1v) is 4.38. The van der Waals surface area contributed by atoms with Crippen molar-refractivity contribution in [1.82, 2.24) is 4.90 Å². The maximum atomic E-state index is 9.34. The lowest BCUT2D eigenvalue weighted by Gasteiger charge is -2.26. The third-order valence-corrected chi connectivity index (χ3v) is 1.96. The van der Waals surface area contributed by atoms with Crippen LogP contribution in [0.4, 0.5) is 0 Å². The lowest BCUT2D eigenvalue weighted by atomic mass is 10.0. The van der Waals surface area contributed by atoms with Gasteiger partial charge in [0.05, 0.1) is 13.2 Å². The Morgan fingerprint density at radius 1 is 1.13 bits per heavy atom. The molecule has 15 heavy (non-hydrogen) atoms. The van der Waals surface area contributed by atoms with E-state index in [0.29, 0.717) is 0 Å². The summed E-state index contributed by atoms with van der Waals surface area (Å²) in [6, 6.07) is 0. The molecule has 0 unspecified atom stereocenters. The second-order valence-electron chi connectivity index (χ2n) is 3.28. The molecule has 88 valence electrons. The lowest BCUT2D eigenvalue weighted by Crippen LogP contribution is -2.48. The molecule has 7 heteroatoms. The van der Waals surface area contributed by atoms with E-state index < -0.39 is 31.0 Å². The SMILES string of the molecule is CN(C#N)C[C@H](O)[C@@H](O)[C@H](O)[C@H](O)CO. The molecule has 0 rings (SSSR count). The molecule has 0 aromatic rings. The minimum atomic E-state index is -1.66. The molecule has 0 saturated carbocycles. The third-order valence-electron chi connectivity index (χ3n) is 1.96. The fourth-order valence-corrected chi connectivity index (χ4v) is 0.993. The molecule has 0 heterocycles. The smallest absolute Gasteiger partial charge is 0.179 e. The largest absolute Gasteiger partial charge is 0.394 e. The average Bonchev–Trinajstić information content (AvgIpc) is 2.25. The van der Waals surface area contributed by atoms with E-state index in [9.17, 15) is 15.3 Å². The van der Waals surface area contributed by atoms with Crippen LogP contribution in [0.5, 0.6) is 0 Å². The molecule has 7 nitrogen and oxygen atoms in total. The van der Waals surface area contributed by atoms with E-state index in [1.165, 1.54) is 7.05 Å². The molecule has 0 aromatic heterocycles. The van der Waals surface area contributed by atoms with Crippen LogP contribution in [0.3, 0.4) is 0 Å². The average molecular weight is 220 g/mol. The van der Waals surface area contributed by atoms with Gasteiger partial charge < -0.3 is 30.4 Å². The highest BCUT2D eigenvalue weighted by Crippen LogP contribution is 2.05. The Labute approximate surface area is 87.4 Å². The minimum absolute atomic E-state index is 0.174. The number of nitrogens with zero attached hydrogens (tertiary/aromatic N) is 2. The van der Waals surface area contributed by atoms with Crippen LogP contribution in [0, 0.1) is 11.5 Å². The summed E-state index contributed by atoms with van der Waals surface area (Å²) in [6.45, 7) is -0.897. The molecule has 0 fully saturated rings. The van der Waals surface area contributed by atoms with Crippen LogP contribution >= 0.6 is 0 Å². The van der Waals surface area contributed by atoms with Gasteiger partial charge in [0.15, 0.2) is 6.19 Å². The van der Waals surface area contributed by atoms with Crippen molar-refractivity contribution in [3.8, 4) is 6.19 Å². The van der Waals surface area contributed by atoms with Crippen LogP contribution in [0.15, 0.2) is 0 Å². The Kier molecular flexibility index (Phi) is 6.15. The van der Waals surface area contributed by atoms with E-state index in [0.717, 1.165) is 4.90 Å². The molecule has 0 aliphatic rings. The minimum Gasteiger partial charge on any atom is -0.394 e. The number of aliphatic hydroxyl groups excluding tert-OH is 5. The van der Waals surface area contributed by atoms with Crippen molar-refractivity contribution >= 4 is 0 Å². The van der Waals surface area contributed by atoms with Crippen LogP contribution < -0.4 is 0 Å². The molecule has 0 amide bonds. The highest BCUT2D eigenvalue weighted by atomic mass is 16.4. The fraction of sp³-hybridized carbons (Fsp3) is 0.875. The van der Waals surface area contributed by atoms with E-state index in [-0.39, 0.29) is 6.54 Å². The standard InChI is InChI=1S/C8H16N2O5/c1-10(4-9)2-5(12)7(14)8(15)6(13)3-11/h5-8,11-15H,2-3H2,1H3/t5-,6+,7+,8+/m0/s1. The van der Waals surface area contributed by atoms with Crippen molar-refractivity contribution in [2.75, 3.05) is 20.2 Å². The first-order chi connectivity index (χ1) is 6.93. The number of hydrogen-bond donors (Lipinski definition) is 5. The molecule has 5 N–H and O–H groups in total. The number of rotatable bonds is 6. The van der Waals surface area contributed by atoms with Gasteiger partial charge in [-0.2, -0.15) is 5.26 Å². The van der Waals surface area contributed by atoms with Crippen molar-refractivity contribution in [3.05, 3.63) is 0 Å². The van der Waals surface area contributed by atoms with E-state index in [1.807, 2.05) is 0 Å². The van der Waals surface area contributed by atoms with Crippen molar-refractivity contribution in [2.24, 2.45) is 0 Å². The number of hydrogen-bond acceptors (Lipinski definition) is 7. The summed E-state index contributed by atoms with van der Waals surface area (Å²) in [4.78, 5) is 1.06. The summed E-state index contributed by atoms with van der Waals surface area (Å²) in [7, 11) is 1.39. The van der Waals surface area contributed by atoms with Gasteiger partial charge in [-0.3, -0.25) is 0 Å². The van der Waals surface area contributed by atoms with E-state index >= 15 is 0 Å². The predicted octanol–water partition coefficient (Wildman–Crippen LogP) is -3.16. The second kappa shape index (κ2) is 6.55. The molecule has 4 atom stereocenters. The lowest BCUT2D eigenvalue weighted by molar-refractivity contribution is -0.117. The molecular formula is C8H16N2O5. The van der Waals surface area contributed by atoms with Gasteiger partial charge in [-0.05, 0) is 0 Å². The van der Waals surface area contributed by atoms with Gasteiger partial charge in [0.25, 0.3) is 0 Å². The molecule has 0 spiro atoms. The van der Waals surface area contributed by atoms with E-state index in [4.69, 9.17) is 15.5 Å². The summed E-state index contributed by atoms with van der Waals surface area (Å²) in [5.74, 6) is 0. The van der Waals surface area contributed by atoms with Crippen molar-refractivity contribution in [1.29, 1.82) is 5.26 Å². The Balaban J connectivity index is 4.19. The van der Waals surface area contributed by atoms with Crippen LogP contribution in [0.1, 0.15) is 0 Å². The zero-order valence-corrected chi connectivity index (χ0v) is 8.35. The monoisotopic (exact) mass is 220 g/mol. The quantitative estimate of drug-likeness (QED) is 0.236. The summed E-state index contributed by atoms with van der Waals surface area (Å²) >= 11 is 0. The van der Waals surface area contributed by atoms with Gasteiger partial charge in [-0.1, -0.05) is 0 Å². The number of aliphatic hydroxyl groups is 5. The fourth-order valence-electron chi connectivity index (χ4n) is 0.993. The summed E-state index contributed by atoms with van der Waals surface area (Å²) in [6.07, 6.45) is -4.49. The van der Waals surface area contributed by atoms with Crippen LogP contribution in [-0.2, 0) is 0 Å². The molecular weight excluding hydrogens is 204 g/mol. The molecule has 0 aliphatic heterocycles. The number of likely N-dealkylation sites (N-methyl/N-ethyl adjacent to an activating group) is 1. The van der Waals surface area contributed by atoms with Gasteiger partial charge in [0.2, 0.25) is 0 Å². The molecule has 0 aromatic carbocycles. The Morgan fingerprint density at radius 2 is 1.60 bits per heavy atom. The zero-order valence-electron chi connectivity index (χ0n) is 8.35. The topological polar surface area (TPSA) is 128 Å². The van der Waals surface area contributed by atoms with Crippen LogP contribution in [0.25, 0.3) is 0 Å². The Bertz CT molecular complexity index is 220. The van der Waals surface area contributed by atoms with Crippen molar-refractivity contribution in [2.45, 2.75) is 24.4 Å². The zero-order chi connectivity index (χ0) is 12.0. The van der Waals surface area contributed by atoms with Gasteiger partial charge in [-0.25, -0.2) is 0 Å². The maximum absolute atomic E-state index is 9.34. The molecule has 0 aliphatic carbocycles. The highest BCUT2D eigenvalue weighted by molar-refractivity contribution is 4.84. The van der Waals surface area contributed by atoms with Crippen LogP contribution in [0.2, 0.25) is 0 Å². The Morgan fingerprint density at radius 3 is 2.00 bits per heavy atom.